The topological polar surface area (TPSA) is 37.8 Å². The Morgan fingerprint density at radius 3 is 2.60 bits per heavy atom. The van der Waals surface area contributed by atoms with Crippen LogP contribution in [0.15, 0.2) is 40.6 Å². The van der Waals surface area contributed by atoms with Crippen LogP contribution in [-0.2, 0) is 0 Å². The van der Waals surface area contributed by atoms with Crippen LogP contribution >= 0.6 is 11.8 Å². The Kier molecular flexibility index (Phi) is 5.09. The largest absolute Gasteiger partial charge is 0.310 e. The Balaban J connectivity index is 2.15. The van der Waals surface area contributed by atoms with Crippen LogP contribution in [0.4, 0.5) is 4.39 Å². The van der Waals surface area contributed by atoms with E-state index in [1.54, 1.807) is 24.5 Å². The second-order valence-electron chi connectivity index (χ2n) is 4.61. The molecule has 0 radical (unpaired) electrons. The van der Waals surface area contributed by atoms with Crippen molar-refractivity contribution in [2.45, 2.75) is 36.9 Å². The van der Waals surface area contributed by atoms with Crippen LogP contribution in [-0.4, -0.2) is 16.5 Å². The van der Waals surface area contributed by atoms with E-state index < -0.39 is 0 Å². The lowest BCUT2D eigenvalue weighted by molar-refractivity contribution is 0.572. The van der Waals surface area contributed by atoms with Gasteiger partial charge in [0.2, 0.25) is 0 Å². The zero-order valence-electron chi connectivity index (χ0n) is 11.9. The van der Waals surface area contributed by atoms with Gasteiger partial charge in [-0.1, -0.05) is 13.0 Å². The number of aryl methyl sites for hydroxylation is 1. The maximum Gasteiger partial charge on any atom is 0.192 e. The lowest BCUT2D eigenvalue weighted by Gasteiger charge is -2.13. The van der Waals surface area contributed by atoms with Gasteiger partial charge in [0, 0.05) is 18.4 Å². The van der Waals surface area contributed by atoms with Gasteiger partial charge in [0.05, 0.1) is 4.90 Å². The summed E-state index contributed by atoms with van der Waals surface area (Å²) in [7, 11) is 0. The molecule has 0 aliphatic heterocycles. The summed E-state index contributed by atoms with van der Waals surface area (Å²) in [5.74, 6) is -0.235. The number of aromatic nitrogens is 2. The molecule has 0 saturated heterocycles. The lowest BCUT2D eigenvalue weighted by Crippen LogP contribution is -2.17. The molecule has 0 amide bonds. The summed E-state index contributed by atoms with van der Waals surface area (Å²) >= 11 is 1.24. The van der Waals surface area contributed by atoms with E-state index in [1.807, 2.05) is 26.8 Å². The second-order valence-corrected chi connectivity index (χ2v) is 5.62. The Hall–Kier alpha value is -1.46. The highest BCUT2D eigenvalue weighted by Gasteiger charge is 2.10. The Morgan fingerprint density at radius 1 is 1.30 bits per heavy atom. The van der Waals surface area contributed by atoms with Crippen LogP contribution < -0.4 is 5.32 Å². The lowest BCUT2D eigenvalue weighted by atomic mass is 10.1. The van der Waals surface area contributed by atoms with E-state index in [9.17, 15) is 4.39 Å². The highest BCUT2D eigenvalue weighted by molar-refractivity contribution is 7.99. The molecule has 0 bridgehead atoms. The first-order chi connectivity index (χ1) is 9.60. The minimum atomic E-state index is -0.235. The average molecular weight is 291 g/mol. The summed E-state index contributed by atoms with van der Waals surface area (Å²) in [5, 5.41) is 3.82. The molecule has 0 aliphatic rings. The summed E-state index contributed by atoms with van der Waals surface area (Å²) in [6.07, 6.45) is 3.46. The van der Waals surface area contributed by atoms with Gasteiger partial charge in [-0.25, -0.2) is 14.4 Å². The Bertz CT molecular complexity index is 572. The molecule has 3 nitrogen and oxygen atoms in total. The first-order valence-corrected chi connectivity index (χ1v) is 7.41. The van der Waals surface area contributed by atoms with Crippen molar-refractivity contribution in [3.05, 3.63) is 47.5 Å². The molecule has 1 aromatic heterocycles. The molecule has 106 valence electrons. The van der Waals surface area contributed by atoms with E-state index in [-0.39, 0.29) is 11.9 Å². The summed E-state index contributed by atoms with van der Waals surface area (Å²) in [5.41, 5.74) is 1.93. The third-order valence-electron chi connectivity index (χ3n) is 2.92. The number of nitrogens with one attached hydrogen (secondary N) is 1. The number of benzene rings is 1. The van der Waals surface area contributed by atoms with Gasteiger partial charge in [0.25, 0.3) is 0 Å². The van der Waals surface area contributed by atoms with Gasteiger partial charge in [0.15, 0.2) is 5.16 Å². The fourth-order valence-electron chi connectivity index (χ4n) is 1.83. The van der Waals surface area contributed by atoms with E-state index in [0.29, 0.717) is 10.1 Å². The molecule has 0 spiro atoms. The molecule has 0 aliphatic carbocycles. The highest BCUT2D eigenvalue weighted by atomic mass is 32.2. The smallest absolute Gasteiger partial charge is 0.192 e. The summed E-state index contributed by atoms with van der Waals surface area (Å²) in [6, 6.07) is 5.44. The standard InChI is InChI=1S/C15H18FN3S/c1-4-17-11(3)12-5-6-14(13(16)7-12)20-15-18-8-10(2)9-19-15/h5-9,11,17H,4H2,1-3H3. The van der Waals surface area contributed by atoms with E-state index in [1.165, 1.54) is 11.8 Å². The van der Waals surface area contributed by atoms with Gasteiger partial charge < -0.3 is 5.32 Å². The SMILES string of the molecule is CCNC(C)c1ccc(Sc2ncc(C)cn2)c(F)c1. The van der Waals surface area contributed by atoms with Crippen LogP contribution in [0.25, 0.3) is 0 Å². The Morgan fingerprint density at radius 2 is 2.00 bits per heavy atom. The number of halogens is 1. The van der Waals surface area contributed by atoms with Gasteiger partial charge in [-0.15, -0.1) is 0 Å². The third kappa shape index (κ3) is 3.77. The fraction of sp³-hybridized carbons (Fsp3) is 0.333. The molecular weight excluding hydrogens is 273 g/mol. The average Bonchev–Trinajstić information content (AvgIpc) is 2.43. The molecule has 2 rings (SSSR count). The molecule has 1 aromatic carbocycles. The number of hydrogen-bond acceptors (Lipinski definition) is 4. The maximum atomic E-state index is 14.1. The van der Waals surface area contributed by atoms with Crippen molar-refractivity contribution in [3.8, 4) is 0 Å². The van der Waals surface area contributed by atoms with Crippen molar-refractivity contribution >= 4 is 11.8 Å². The number of hydrogen-bond donors (Lipinski definition) is 1. The highest BCUT2D eigenvalue weighted by Crippen LogP contribution is 2.28. The van der Waals surface area contributed by atoms with E-state index in [0.717, 1.165) is 17.7 Å². The normalized spacial score (nSPS) is 12.4. The number of nitrogens with zero attached hydrogens (tertiary/aromatic N) is 2. The minimum Gasteiger partial charge on any atom is -0.310 e. The quantitative estimate of drug-likeness (QED) is 0.852. The zero-order valence-corrected chi connectivity index (χ0v) is 12.7. The molecule has 0 saturated carbocycles. The molecule has 1 atom stereocenters. The van der Waals surface area contributed by atoms with Crippen molar-refractivity contribution in [1.82, 2.24) is 15.3 Å². The van der Waals surface area contributed by atoms with Gasteiger partial charge in [-0.2, -0.15) is 0 Å². The molecule has 0 fully saturated rings. The Labute approximate surface area is 123 Å². The minimum absolute atomic E-state index is 0.143. The van der Waals surface area contributed by atoms with Crippen LogP contribution in [0.5, 0.6) is 0 Å². The molecule has 1 heterocycles. The summed E-state index contributed by atoms with van der Waals surface area (Å²) < 4.78 is 14.1. The maximum absolute atomic E-state index is 14.1. The van der Waals surface area contributed by atoms with Gasteiger partial charge >= 0.3 is 0 Å². The van der Waals surface area contributed by atoms with Gasteiger partial charge in [0.1, 0.15) is 5.82 Å². The molecule has 1 N–H and O–H groups in total. The van der Waals surface area contributed by atoms with Gasteiger partial charge in [-0.05, 0) is 55.4 Å². The zero-order chi connectivity index (χ0) is 14.5. The first-order valence-electron chi connectivity index (χ1n) is 6.59. The van der Waals surface area contributed by atoms with Crippen molar-refractivity contribution in [1.29, 1.82) is 0 Å². The predicted octanol–water partition coefficient (Wildman–Crippen LogP) is 3.75. The van der Waals surface area contributed by atoms with Crippen molar-refractivity contribution in [2.75, 3.05) is 6.54 Å². The van der Waals surface area contributed by atoms with Crippen molar-refractivity contribution < 1.29 is 4.39 Å². The molecule has 1 unspecified atom stereocenters. The van der Waals surface area contributed by atoms with Crippen LogP contribution in [0.2, 0.25) is 0 Å². The summed E-state index contributed by atoms with van der Waals surface area (Å²) in [6.45, 7) is 6.84. The first kappa shape index (κ1) is 14.9. The van der Waals surface area contributed by atoms with Crippen molar-refractivity contribution in [2.24, 2.45) is 0 Å². The predicted molar refractivity (Wildman–Crippen MR) is 79.4 cm³/mol. The monoisotopic (exact) mass is 291 g/mol. The molecule has 2 aromatic rings. The third-order valence-corrected chi connectivity index (χ3v) is 3.87. The van der Waals surface area contributed by atoms with Crippen LogP contribution in [0.1, 0.15) is 31.0 Å². The molecular formula is C15H18FN3S. The van der Waals surface area contributed by atoms with Gasteiger partial charge in [-0.3, -0.25) is 0 Å². The molecule has 5 heteroatoms. The fourth-order valence-corrected chi connectivity index (χ4v) is 2.53. The van der Waals surface area contributed by atoms with E-state index >= 15 is 0 Å². The number of rotatable bonds is 5. The van der Waals surface area contributed by atoms with Crippen LogP contribution in [0.3, 0.4) is 0 Å². The van der Waals surface area contributed by atoms with Crippen LogP contribution in [0, 0.1) is 12.7 Å². The van der Waals surface area contributed by atoms with E-state index in [2.05, 4.69) is 15.3 Å². The molecule has 20 heavy (non-hydrogen) atoms. The van der Waals surface area contributed by atoms with Crippen molar-refractivity contribution in [3.63, 3.8) is 0 Å². The van der Waals surface area contributed by atoms with E-state index in [4.69, 9.17) is 0 Å². The summed E-state index contributed by atoms with van der Waals surface area (Å²) in [4.78, 5) is 8.89. The second kappa shape index (κ2) is 6.81.